The first-order valence-corrected chi connectivity index (χ1v) is 9.71. The average molecular weight is 417 g/mol. The van der Waals surface area contributed by atoms with Gasteiger partial charge < -0.3 is 19.9 Å². The Hall–Kier alpha value is -1.84. The van der Waals surface area contributed by atoms with Crippen molar-refractivity contribution < 1.29 is 23.0 Å². The molecule has 0 aliphatic rings. The first-order chi connectivity index (χ1) is 12.4. The molecule has 0 aliphatic heterocycles. The lowest BCUT2D eigenvalue weighted by molar-refractivity contribution is 0.196. The SMILES string of the molecule is COc1cc(CNCCc2ccc(S(N)(=O)=O)cc2)ccc1OCCO.Cl. The lowest BCUT2D eigenvalue weighted by atomic mass is 10.1. The number of benzene rings is 2. The van der Waals surface area contributed by atoms with Gasteiger partial charge in [0.25, 0.3) is 0 Å². The zero-order valence-electron chi connectivity index (χ0n) is 15.1. The van der Waals surface area contributed by atoms with E-state index in [1.807, 2.05) is 18.2 Å². The van der Waals surface area contributed by atoms with Crippen LogP contribution in [0.3, 0.4) is 0 Å². The van der Waals surface area contributed by atoms with E-state index < -0.39 is 10.0 Å². The zero-order chi connectivity index (χ0) is 19.0. The van der Waals surface area contributed by atoms with Crippen LogP contribution in [0.1, 0.15) is 11.1 Å². The van der Waals surface area contributed by atoms with Gasteiger partial charge in [-0.25, -0.2) is 13.6 Å². The van der Waals surface area contributed by atoms with Crippen molar-refractivity contribution >= 4 is 22.4 Å². The maximum Gasteiger partial charge on any atom is 0.238 e. The fraction of sp³-hybridized carbons (Fsp3) is 0.333. The molecule has 0 bridgehead atoms. The topological polar surface area (TPSA) is 111 Å². The van der Waals surface area contributed by atoms with Crippen molar-refractivity contribution in [2.24, 2.45) is 5.14 Å². The van der Waals surface area contributed by atoms with Crippen LogP contribution >= 0.6 is 12.4 Å². The van der Waals surface area contributed by atoms with Crippen molar-refractivity contribution in [3.63, 3.8) is 0 Å². The maximum atomic E-state index is 11.2. The van der Waals surface area contributed by atoms with Crippen LogP contribution in [0.15, 0.2) is 47.4 Å². The number of halogens is 1. The van der Waals surface area contributed by atoms with Gasteiger partial charge in [0.1, 0.15) is 6.61 Å². The summed E-state index contributed by atoms with van der Waals surface area (Å²) >= 11 is 0. The van der Waals surface area contributed by atoms with Gasteiger partial charge in [0.05, 0.1) is 18.6 Å². The summed E-state index contributed by atoms with van der Waals surface area (Å²) in [5.41, 5.74) is 2.07. The van der Waals surface area contributed by atoms with Crippen LogP contribution in [0.2, 0.25) is 0 Å². The van der Waals surface area contributed by atoms with E-state index in [1.165, 1.54) is 12.1 Å². The second-order valence-electron chi connectivity index (χ2n) is 5.67. The standard InChI is InChI=1S/C18H24N2O5S.ClH/c1-24-18-12-15(4-7-17(18)25-11-10-21)13-20-9-8-14-2-5-16(6-3-14)26(19,22)23;/h2-7,12,20-21H,8-11,13H2,1H3,(H2,19,22,23);1H. The van der Waals surface area contributed by atoms with Crippen molar-refractivity contribution in [3.8, 4) is 11.5 Å². The molecule has 0 spiro atoms. The molecule has 9 heteroatoms. The smallest absolute Gasteiger partial charge is 0.238 e. The van der Waals surface area contributed by atoms with Crippen LogP contribution in [0.25, 0.3) is 0 Å². The Labute approximate surface area is 166 Å². The molecule has 0 aliphatic carbocycles. The Morgan fingerprint density at radius 2 is 1.74 bits per heavy atom. The Kier molecular flexibility index (Phi) is 9.54. The fourth-order valence-corrected chi connectivity index (χ4v) is 2.92. The van der Waals surface area contributed by atoms with Crippen molar-refractivity contribution in [2.75, 3.05) is 26.9 Å². The molecule has 2 aromatic carbocycles. The number of methoxy groups -OCH3 is 1. The van der Waals surface area contributed by atoms with Gasteiger partial charge in [-0.05, 0) is 48.4 Å². The van der Waals surface area contributed by atoms with E-state index in [2.05, 4.69) is 5.32 Å². The predicted octanol–water partition coefficient (Wildman–Crippen LogP) is 1.47. The summed E-state index contributed by atoms with van der Waals surface area (Å²) < 4.78 is 33.2. The molecule has 0 atom stereocenters. The van der Waals surface area contributed by atoms with Gasteiger partial charge in [0.15, 0.2) is 11.5 Å². The first kappa shape index (κ1) is 23.2. The molecule has 0 fully saturated rings. The number of rotatable bonds is 10. The Balaban J connectivity index is 0.00000364. The average Bonchev–Trinajstić information content (AvgIpc) is 2.63. The van der Waals surface area contributed by atoms with Crippen LogP contribution in [-0.4, -0.2) is 40.4 Å². The molecule has 2 rings (SSSR count). The molecule has 0 unspecified atom stereocenters. The monoisotopic (exact) mass is 416 g/mol. The number of hydrogen-bond acceptors (Lipinski definition) is 6. The van der Waals surface area contributed by atoms with E-state index in [0.29, 0.717) is 18.0 Å². The molecule has 0 radical (unpaired) electrons. The fourth-order valence-electron chi connectivity index (χ4n) is 2.41. The van der Waals surface area contributed by atoms with Crippen LogP contribution in [0.5, 0.6) is 11.5 Å². The minimum Gasteiger partial charge on any atom is -0.493 e. The number of aliphatic hydroxyl groups excluding tert-OH is 1. The van der Waals surface area contributed by atoms with Gasteiger partial charge in [-0.2, -0.15) is 0 Å². The Bertz CT molecular complexity index is 813. The van der Waals surface area contributed by atoms with Crippen LogP contribution in [0, 0.1) is 0 Å². The highest BCUT2D eigenvalue weighted by Gasteiger charge is 2.07. The molecule has 2 aromatic rings. The number of aliphatic hydroxyl groups is 1. The summed E-state index contributed by atoms with van der Waals surface area (Å²) in [6.07, 6.45) is 0.764. The van der Waals surface area contributed by atoms with Crippen molar-refractivity contribution in [2.45, 2.75) is 17.9 Å². The van der Waals surface area contributed by atoms with E-state index in [1.54, 1.807) is 19.2 Å². The minimum atomic E-state index is -3.65. The third-order valence-corrected chi connectivity index (χ3v) is 4.68. The molecule has 0 amide bonds. The van der Waals surface area contributed by atoms with Gasteiger partial charge in [0, 0.05) is 6.54 Å². The molecule has 27 heavy (non-hydrogen) atoms. The van der Waals surface area contributed by atoms with Gasteiger partial charge in [-0.1, -0.05) is 18.2 Å². The Morgan fingerprint density at radius 3 is 2.33 bits per heavy atom. The molecule has 7 nitrogen and oxygen atoms in total. The Morgan fingerprint density at radius 1 is 1.07 bits per heavy atom. The number of nitrogens with one attached hydrogen (secondary N) is 1. The van der Waals surface area contributed by atoms with E-state index in [4.69, 9.17) is 19.7 Å². The molecular weight excluding hydrogens is 392 g/mol. The quantitative estimate of drug-likeness (QED) is 0.506. The number of ether oxygens (including phenoxy) is 2. The summed E-state index contributed by atoms with van der Waals surface area (Å²) in [4.78, 5) is 0.116. The highest BCUT2D eigenvalue weighted by molar-refractivity contribution is 7.89. The van der Waals surface area contributed by atoms with E-state index in [9.17, 15) is 8.42 Å². The molecule has 4 N–H and O–H groups in total. The van der Waals surface area contributed by atoms with Crippen molar-refractivity contribution in [1.82, 2.24) is 5.32 Å². The van der Waals surface area contributed by atoms with Gasteiger partial charge in [0.2, 0.25) is 10.0 Å². The predicted molar refractivity (Wildman–Crippen MR) is 106 cm³/mol. The molecular formula is C18H25ClN2O5S. The molecule has 0 saturated heterocycles. The second-order valence-corrected chi connectivity index (χ2v) is 7.23. The van der Waals surface area contributed by atoms with E-state index in [0.717, 1.165) is 24.1 Å². The molecule has 0 aromatic heterocycles. The van der Waals surface area contributed by atoms with Crippen LogP contribution in [-0.2, 0) is 23.0 Å². The minimum absolute atomic E-state index is 0. The maximum absolute atomic E-state index is 11.2. The number of hydrogen-bond donors (Lipinski definition) is 3. The third-order valence-electron chi connectivity index (χ3n) is 3.75. The third kappa shape index (κ3) is 7.36. The summed E-state index contributed by atoms with van der Waals surface area (Å²) in [7, 11) is -2.08. The lowest BCUT2D eigenvalue weighted by Gasteiger charge is -2.12. The summed E-state index contributed by atoms with van der Waals surface area (Å²) in [5.74, 6) is 1.22. The highest BCUT2D eigenvalue weighted by Crippen LogP contribution is 2.27. The zero-order valence-corrected chi connectivity index (χ0v) is 16.7. The number of primary sulfonamides is 1. The number of sulfonamides is 1. The molecule has 0 heterocycles. The van der Waals surface area contributed by atoms with Crippen molar-refractivity contribution in [1.29, 1.82) is 0 Å². The number of nitrogens with two attached hydrogens (primary N) is 1. The summed E-state index contributed by atoms with van der Waals surface area (Å²) in [5, 5.41) is 17.2. The largest absolute Gasteiger partial charge is 0.493 e. The van der Waals surface area contributed by atoms with Gasteiger partial charge >= 0.3 is 0 Å². The summed E-state index contributed by atoms with van der Waals surface area (Å²) in [6, 6.07) is 12.2. The molecule has 0 saturated carbocycles. The normalized spacial score (nSPS) is 10.9. The van der Waals surface area contributed by atoms with Crippen LogP contribution < -0.4 is 19.9 Å². The summed E-state index contributed by atoms with van der Waals surface area (Å²) in [6.45, 7) is 1.56. The van der Waals surface area contributed by atoms with E-state index >= 15 is 0 Å². The molecule has 150 valence electrons. The highest BCUT2D eigenvalue weighted by atomic mass is 35.5. The van der Waals surface area contributed by atoms with Gasteiger partial charge in [-0.3, -0.25) is 0 Å². The lowest BCUT2D eigenvalue weighted by Crippen LogP contribution is -2.17. The first-order valence-electron chi connectivity index (χ1n) is 8.17. The second kappa shape index (κ2) is 11.1. The van der Waals surface area contributed by atoms with Gasteiger partial charge in [-0.15, -0.1) is 12.4 Å². The van der Waals surface area contributed by atoms with Crippen LogP contribution in [0.4, 0.5) is 0 Å². The van der Waals surface area contributed by atoms with E-state index in [-0.39, 0.29) is 30.5 Å². The van der Waals surface area contributed by atoms with Crippen molar-refractivity contribution in [3.05, 3.63) is 53.6 Å².